The lowest BCUT2D eigenvalue weighted by Gasteiger charge is -2.09. The largest absolute Gasteiger partial charge is 0.496 e. The van der Waals surface area contributed by atoms with Gasteiger partial charge in [0.05, 0.1) is 12.9 Å². The Morgan fingerprint density at radius 2 is 2.17 bits per heavy atom. The van der Waals surface area contributed by atoms with E-state index >= 15 is 0 Å². The third kappa shape index (κ3) is 5.26. The molecule has 1 aromatic carbocycles. The van der Waals surface area contributed by atoms with E-state index in [0.29, 0.717) is 17.1 Å². The van der Waals surface area contributed by atoms with Crippen molar-refractivity contribution in [2.45, 2.75) is 5.75 Å². The molecule has 0 aliphatic heterocycles. The molecule has 0 saturated carbocycles. The molecule has 0 bridgehead atoms. The number of methoxy groups -OCH3 is 1. The van der Waals surface area contributed by atoms with E-state index in [1.807, 2.05) is 16.8 Å². The molecule has 0 aliphatic carbocycles. The number of hydrogen-bond acceptors (Lipinski definition) is 5. The summed E-state index contributed by atoms with van der Waals surface area (Å²) < 4.78 is 5.27. The predicted octanol–water partition coefficient (Wildman–Crippen LogP) is 3.97. The van der Waals surface area contributed by atoms with Gasteiger partial charge in [0, 0.05) is 16.9 Å². The Labute approximate surface area is 142 Å². The standard InChI is InChI=1S/C17H16O4S2/c1-21-16-5-3-13(8-14(16)10-23-11-17(19)20)15(18)4-2-12-6-7-22-9-12/h2-9H,10-11H2,1H3,(H,19,20)/b4-2-. The van der Waals surface area contributed by atoms with Gasteiger partial charge in [0.15, 0.2) is 5.78 Å². The van der Waals surface area contributed by atoms with Gasteiger partial charge in [-0.25, -0.2) is 0 Å². The third-order valence-electron chi connectivity index (χ3n) is 3.02. The van der Waals surface area contributed by atoms with E-state index in [9.17, 15) is 9.59 Å². The van der Waals surface area contributed by atoms with Gasteiger partial charge in [-0.1, -0.05) is 6.08 Å². The molecule has 0 saturated heterocycles. The molecule has 6 heteroatoms. The summed E-state index contributed by atoms with van der Waals surface area (Å²) in [6.07, 6.45) is 3.32. The van der Waals surface area contributed by atoms with Crippen molar-refractivity contribution in [1.82, 2.24) is 0 Å². The topological polar surface area (TPSA) is 63.6 Å². The van der Waals surface area contributed by atoms with Gasteiger partial charge >= 0.3 is 5.97 Å². The maximum absolute atomic E-state index is 12.2. The van der Waals surface area contributed by atoms with Crippen molar-refractivity contribution in [3.05, 3.63) is 57.8 Å². The number of ether oxygens (including phenoxy) is 1. The van der Waals surface area contributed by atoms with E-state index in [1.165, 1.54) is 17.8 Å². The molecule has 2 aromatic rings. The number of carboxylic acids is 1. The number of ketones is 1. The molecule has 0 atom stereocenters. The predicted molar refractivity (Wildman–Crippen MR) is 94.5 cm³/mol. The summed E-state index contributed by atoms with van der Waals surface area (Å²) in [7, 11) is 1.55. The highest BCUT2D eigenvalue weighted by atomic mass is 32.2. The Morgan fingerprint density at radius 3 is 2.83 bits per heavy atom. The highest BCUT2D eigenvalue weighted by molar-refractivity contribution is 7.99. The average Bonchev–Trinajstić information content (AvgIpc) is 3.05. The number of allylic oxidation sites excluding steroid dienone is 1. The fourth-order valence-electron chi connectivity index (χ4n) is 1.93. The fraction of sp³-hybridized carbons (Fsp3) is 0.176. The number of thioether (sulfide) groups is 1. The van der Waals surface area contributed by atoms with E-state index in [4.69, 9.17) is 9.84 Å². The number of benzene rings is 1. The zero-order valence-corrected chi connectivity index (χ0v) is 14.2. The number of thiophene rings is 1. The summed E-state index contributed by atoms with van der Waals surface area (Å²) in [5, 5.41) is 12.6. The lowest BCUT2D eigenvalue weighted by Crippen LogP contribution is -2.01. The van der Waals surface area contributed by atoms with Crippen LogP contribution in [0.2, 0.25) is 0 Å². The van der Waals surface area contributed by atoms with Gasteiger partial charge in [0.1, 0.15) is 5.75 Å². The van der Waals surface area contributed by atoms with Gasteiger partial charge < -0.3 is 9.84 Å². The molecule has 1 aromatic heterocycles. The van der Waals surface area contributed by atoms with E-state index in [1.54, 1.807) is 42.7 Å². The Bertz CT molecular complexity index is 705. The minimum Gasteiger partial charge on any atom is -0.496 e. The average molecular weight is 348 g/mol. The second-order valence-corrected chi connectivity index (χ2v) is 6.43. The van der Waals surface area contributed by atoms with Crippen LogP contribution in [0.4, 0.5) is 0 Å². The molecular weight excluding hydrogens is 332 g/mol. The Balaban J connectivity index is 2.12. The van der Waals surface area contributed by atoms with Crippen molar-refractivity contribution in [3.8, 4) is 5.75 Å². The lowest BCUT2D eigenvalue weighted by atomic mass is 10.1. The van der Waals surface area contributed by atoms with Crippen molar-refractivity contribution in [2.75, 3.05) is 12.9 Å². The van der Waals surface area contributed by atoms with Gasteiger partial charge in [-0.15, -0.1) is 11.8 Å². The first-order chi connectivity index (χ1) is 11.1. The number of carbonyl (C=O) groups is 2. The molecule has 120 valence electrons. The monoisotopic (exact) mass is 348 g/mol. The van der Waals surface area contributed by atoms with Crippen LogP contribution < -0.4 is 4.74 Å². The molecule has 1 N–H and O–H groups in total. The molecule has 0 fully saturated rings. The van der Waals surface area contributed by atoms with E-state index in [0.717, 1.165) is 11.1 Å². The minimum atomic E-state index is -0.861. The van der Waals surface area contributed by atoms with Gasteiger partial charge in [-0.2, -0.15) is 11.3 Å². The maximum Gasteiger partial charge on any atom is 0.313 e. The maximum atomic E-state index is 12.2. The summed E-state index contributed by atoms with van der Waals surface area (Å²) in [5.74, 6) is 0.189. The Kier molecular flexibility index (Phi) is 6.43. The van der Waals surface area contributed by atoms with Gasteiger partial charge in [-0.3, -0.25) is 9.59 Å². The summed E-state index contributed by atoms with van der Waals surface area (Å²) in [6, 6.07) is 7.15. The Hall–Kier alpha value is -2.05. The molecule has 4 nitrogen and oxygen atoms in total. The fourth-order valence-corrected chi connectivity index (χ4v) is 3.28. The first kappa shape index (κ1) is 17.3. The molecule has 0 radical (unpaired) electrons. The van der Waals surface area contributed by atoms with Crippen molar-refractivity contribution < 1.29 is 19.4 Å². The normalized spacial score (nSPS) is 10.8. The van der Waals surface area contributed by atoms with Crippen LogP contribution in [0.5, 0.6) is 5.75 Å². The second-order valence-electron chi connectivity index (χ2n) is 4.67. The van der Waals surface area contributed by atoms with E-state index in [2.05, 4.69) is 0 Å². The smallest absolute Gasteiger partial charge is 0.313 e. The van der Waals surface area contributed by atoms with Crippen LogP contribution in [0.15, 0.2) is 41.1 Å². The summed E-state index contributed by atoms with van der Waals surface area (Å²) in [5.41, 5.74) is 2.37. The molecule has 0 amide bonds. The van der Waals surface area contributed by atoms with Gasteiger partial charge in [0.2, 0.25) is 0 Å². The van der Waals surface area contributed by atoms with Crippen LogP contribution >= 0.6 is 23.1 Å². The minimum absolute atomic E-state index is 0.0133. The first-order valence-electron chi connectivity index (χ1n) is 6.81. The van der Waals surface area contributed by atoms with Crippen LogP contribution in [0.3, 0.4) is 0 Å². The zero-order valence-electron chi connectivity index (χ0n) is 12.5. The molecule has 23 heavy (non-hydrogen) atoms. The second kappa shape index (κ2) is 8.55. The Morgan fingerprint density at radius 1 is 1.35 bits per heavy atom. The molecule has 0 unspecified atom stereocenters. The van der Waals surface area contributed by atoms with Crippen LogP contribution in [0.25, 0.3) is 6.08 Å². The third-order valence-corrected chi connectivity index (χ3v) is 4.69. The number of hydrogen-bond donors (Lipinski definition) is 1. The first-order valence-corrected chi connectivity index (χ1v) is 8.91. The quantitative estimate of drug-likeness (QED) is 0.578. The van der Waals surface area contributed by atoms with Crippen molar-refractivity contribution in [1.29, 1.82) is 0 Å². The van der Waals surface area contributed by atoms with Crippen molar-refractivity contribution >= 4 is 40.9 Å². The highest BCUT2D eigenvalue weighted by Gasteiger charge is 2.09. The van der Waals surface area contributed by atoms with Crippen LogP contribution in [0, 0.1) is 0 Å². The van der Waals surface area contributed by atoms with Crippen molar-refractivity contribution in [2.24, 2.45) is 0 Å². The van der Waals surface area contributed by atoms with Gasteiger partial charge in [0.25, 0.3) is 0 Å². The van der Waals surface area contributed by atoms with E-state index < -0.39 is 5.97 Å². The summed E-state index contributed by atoms with van der Waals surface area (Å²) >= 11 is 2.84. The van der Waals surface area contributed by atoms with E-state index in [-0.39, 0.29) is 11.5 Å². The van der Waals surface area contributed by atoms with Crippen LogP contribution in [-0.4, -0.2) is 29.7 Å². The zero-order chi connectivity index (χ0) is 16.7. The molecule has 0 spiro atoms. The molecule has 1 heterocycles. The number of carboxylic acid groups (broad SMARTS) is 1. The van der Waals surface area contributed by atoms with Crippen molar-refractivity contribution in [3.63, 3.8) is 0 Å². The van der Waals surface area contributed by atoms with Crippen LogP contribution in [-0.2, 0) is 10.5 Å². The lowest BCUT2D eigenvalue weighted by molar-refractivity contribution is -0.133. The molecule has 2 rings (SSSR count). The number of aliphatic carboxylic acids is 1. The SMILES string of the molecule is COc1ccc(C(=O)/C=C\c2ccsc2)cc1CSCC(=O)O. The molecular formula is C17H16O4S2. The summed E-state index contributed by atoms with van der Waals surface area (Å²) in [6.45, 7) is 0. The summed E-state index contributed by atoms with van der Waals surface area (Å²) in [4.78, 5) is 22.9. The number of rotatable bonds is 8. The number of carbonyl (C=O) groups excluding carboxylic acids is 1. The van der Waals surface area contributed by atoms with Crippen LogP contribution in [0.1, 0.15) is 21.5 Å². The van der Waals surface area contributed by atoms with Gasteiger partial charge in [-0.05, 0) is 46.7 Å². The molecule has 0 aliphatic rings. The highest BCUT2D eigenvalue weighted by Crippen LogP contribution is 2.25.